The number of hydrogen-bond donors (Lipinski definition) is 3. The lowest BCUT2D eigenvalue weighted by Gasteiger charge is -2.11. The molecular formula is C15H10BrF2N3O. The molecule has 0 bridgehead atoms. The molecule has 22 heavy (non-hydrogen) atoms. The van der Waals surface area contributed by atoms with Crippen LogP contribution < -0.4 is 10.5 Å². The van der Waals surface area contributed by atoms with Crippen molar-refractivity contribution in [2.75, 3.05) is 0 Å². The van der Waals surface area contributed by atoms with Crippen LogP contribution >= 0.6 is 15.9 Å². The Hall–Kier alpha value is -2.41. The summed E-state index contributed by atoms with van der Waals surface area (Å²) in [5.41, 5.74) is 5.82. The minimum atomic E-state index is -0.638. The molecular weight excluding hydrogens is 356 g/mol. The first kappa shape index (κ1) is 14.5. The largest absolute Gasteiger partial charge is 0.453 e. The van der Waals surface area contributed by atoms with Gasteiger partial charge in [0.15, 0.2) is 11.6 Å². The highest BCUT2D eigenvalue weighted by Gasteiger charge is 2.16. The summed E-state index contributed by atoms with van der Waals surface area (Å²) in [4.78, 5) is 2.90. The van der Waals surface area contributed by atoms with Crippen molar-refractivity contribution < 1.29 is 13.5 Å². The number of nitrogens with two attached hydrogens (primary N) is 1. The van der Waals surface area contributed by atoms with Crippen LogP contribution in [0.3, 0.4) is 0 Å². The lowest BCUT2D eigenvalue weighted by molar-refractivity contribution is 0.439. The number of fused-ring (bicyclic) bond motifs is 1. The number of amidine groups is 1. The monoisotopic (exact) mass is 365 g/mol. The minimum absolute atomic E-state index is 0.0202. The van der Waals surface area contributed by atoms with Gasteiger partial charge in [-0.15, -0.1) is 0 Å². The van der Waals surface area contributed by atoms with E-state index in [2.05, 4.69) is 20.9 Å². The zero-order valence-corrected chi connectivity index (χ0v) is 12.7. The van der Waals surface area contributed by atoms with Crippen molar-refractivity contribution in [3.05, 3.63) is 58.2 Å². The molecule has 3 rings (SSSR count). The third-order valence-electron chi connectivity index (χ3n) is 3.15. The second-order valence-corrected chi connectivity index (χ2v) is 5.39. The van der Waals surface area contributed by atoms with Crippen molar-refractivity contribution in [1.82, 2.24) is 4.98 Å². The van der Waals surface area contributed by atoms with Gasteiger partial charge in [-0.3, -0.25) is 5.41 Å². The number of benzene rings is 2. The van der Waals surface area contributed by atoms with Gasteiger partial charge >= 0.3 is 0 Å². The summed E-state index contributed by atoms with van der Waals surface area (Å²) in [6.07, 6.45) is 1.68. The van der Waals surface area contributed by atoms with Crippen molar-refractivity contribution >= 4 is 32.7 Å². The van der Waals surface area contributed by atoms with E-state index in [4.69, 9.17) is 15.9 Å². The van der Waals surface area contributed by atoms with Gasteiger partial charge in [0, 0.05) is 23.2 Å². The van der Waals surface area contributed by atoms with E-state index in [1.54, 1.807) is 12.3 Å². The molecule has 0 spiro atoms. The summed E-state index contributed by atoms with van der Waals surface area (Å²) in [6, 6.07) is 6.80. The molecule has 0 radical (unpaired) electrons. The summed E-state index contributed by atoms with van der Waals surface area (Å²) >= 11 is 3.31. The van der Waals surface area contributed by atoms with Crippen molar-refractivity contribution in [2.45, 2.75) is 0 Å². The highest BCUT2D eigenvalue weighted by molar-refractivity contribution is 9.10. The van der Waals surface area contributed by atoms with Crippen LogP contribution in [-0.2, 0) is 0 Å². The number of aromatic amines is 1. The third kappa shape index (κ3) is 2.43. The maximum Gasteiger partial charge on any atom is 0.177 e. The second kappa shape index (κ2) is 5.42. The Morgan fingerprint density at radius 3 is 2.68 bits per heavy atom. The van der Waals surface area contributed by atoms with Crippen molar-refractivity contribution in [3.63, 3.8) is 0 Å². The zero-order chi connectivity index (χ0) is 15.9. The highest BCUT2D eigenvalue weighted by Crippen LogP contribution is 2.38. The summed E-state index contributed by atoms with van der Waals surface area (Å²) in [5.74, 6) is -1.48. The molecule has 7 heteroatoms. The Labute approximate surface area is 132 Å². The van der Waals surface area contributed by atoms with Crippen LogP contribution in [0, 0.1) is 17.0 Å². The average Bonchev–Trinajstić information content (AvgIpc) is 2.93. The Bertz CT molecular complexity index is 892. The molecule has 0 saturated carbocycles. The van der Waals surface area contributed by atoms with Crippen LogP contribution in [0.1, 0.15) is 5.56 Å². The maximum absolute atomic E-state index is 14.2. The molecule has 0 atom stereocenters. The van der Waals surface area contributed by atoms with Crippen LogP contribution in [-0.4, -0.2) is 10.8 Å². The van der Waals surface area contributed by atoms with E-state index in [-0.39, 0.29) is 17.1 Å². The molecule has 4 N–H and O–H groups in total. The number of ether oxygens (including phenoxy) is 1. The topological polar surface area (TPSA) is 74.9 Å². The van der Waals surface area contributed by atoms with Gasteiger partial charge in [-0.1, -0.05) is 0 Å². The van der Waals surface area contributed by atoms with Gasteiger partial charge in [0.25, 0.3) is 0 Å². The Balaban J connectivity index is 2.06. The SMILES string of the molecule is N=C(N)c1cc(Oc2c(F)cc3[nH]ccc3c2Br)ccc1F. The number of rotatable bonds is 3. The molecule has 0 amide bonds. The van der Waals surface area contributed by atoms with Crippen LogP contribution in [0.25, 0.3) is 10.9 Å². The fraction of sp³-hybridized carbons (Fsp3) is 0. The lowest BCUT2D eigenvalue weighted by Crippen LogP contribution is -2.13. The lowest BCUT2D eigenvalue weighted by atomic mass is 10.2. The summed E-state index contributed by atoms with van der Waals surface area (Å²) < 4.78 is 33.6. The van der Waals surface area contributed by atoms with Crippen LogP contribution in [0.4, 0.5) is 8.78 Å². The van der Waals surface area contributed by atoms with Crippen molar-refractivity contribution in [1.29, 1.82) is 5.41 Å². The van der Waals surface area contributed by atoms with E-state index < -0.39 is 17.5 Å². The van der Waals surface area contributed by atoms with E-state index in [9.17, 15) is 8.78 Å². The van der Waals surface area contributed by atoms with Gasteiger partial charge in [0.2, 0.25) is 0 Å². The smallest absolute Gasteiger partial charge is 0.177 e. The number of halogens is 3. The molecule has 0 saturated heterocycles. The Morgan fingerprint density at radius 1 is 1.18 bits per heavy atom. The molecule has 4 nitrogen and oxygen atoms in total. The van der Waals surface area contributed by atoms with Gasteiger partial charge in [0.05, 0.1) is 10.0 Å². The van der Waals surface area contributed by atoms with E-state index in [0.717, 1.165) is 11.5 Å². The first-order valence-corrected chi connectivity index (χ1v) is 7.03. The Kier molecular flexibility index (Phi) is 3.58. The third-order valence-corrected chi connectivity index (χ3v) is 3.94. The quantitative estimate of drug-likeness (QED) is 0.478. The first-order chi connectivity index (χ1) is 10.5. The molecule has 0 aliphatic carbocycles. The van der Waals surface area contributed by atoms with Crippen LogP contribution in [0.2, 0.25) is 0 Å². The second-order valence-electron chi connectivity index (χ2n) is 4.60. The highest BCUT2D eigenvalue weighted by atomic mass is 79.9. The van der Waals surface area contributed by atoms with Gasteiger partial charge in [-0.25, -0.2) is 8.78 Å². The van der Waals surface area contributed by atoms with Gasteiger partial charge in [-0.05, 0) is 40.2 Å². The number of aromatic nitrogens is 1. The molecule has 0 fully saturated rings. The first-order valence-electron chi connectivity index (χ1n) is 6.24. The number of H-pyrrole nitrogens is 1. The zero-order valence-electron chi connectivity index (χ0n) is 11.1. The molecule has 3 aromatic rings. The molecule has 1 aromatic heterocycles. The van der Waals surface area contributed by atoms with E-state index in [1.165, 1.54) is 18.2 Å². The fourth-order valence-corrected chi connectivity index (χ4v) is 2.71. The summed E-state index contributed by atoms with van der Waals surface area (Å²) in [6.45, 7) is 0. The predicted molar refractivity (Wildman–Crippen MR) is 83.4 cm³/mol. The van der Waals surface area contributed by atoms with Gasteiger partial charge in [0.1, 0.15) is 17.4 Å². The standard InChI is InChI=1S/C15H10BrF2N3O/c16-13-8-3-4-21-12(8)6-11(18)14(13)22-7-1-2-10(17)9(5-7)15(19)20/h1-6,21H,(H3,19,20). The molecule has 2 aromatic carbocycles. The van der Waals surface area contributed by atoms with E-state index in [0.29, 0.717) is 9.99 Å². The normalized spacial score (nSPS) is 10.9. The van der Waals surface area contributed by atoms with Gasteiger partial charge in [-0.2, -0.15) is 0 Å². The van der Waals surface area contributed by atoms with Crippen LogP contribution in [0.15, 0.2) is 41.0 Å². The number of hydrogen-bond acceptors (Lipinski definition) is 2. The molecule has 0 aliphatic heterocycles. The molecule has 112 valence electrons. The van der Waals surface area contributed by atoms with E-state index in [1.807, 2.05) is 0 Å². The molecule has 0 unspecified atom stereocenters. The minimum Gasteiger partial charge on any atom is -0.453 e. The summed E-state index contributed by atoms with van der Waals surface area (Å²) in [7, 11) is 0. The average molecular weight is 366 g/mol. The van der Waals surface area contributed by atoms with Crippen molar-refractivity contribution in [2.24, 2.45) is 5.73 Å². The van der Waals surface area contributed by atoms with E-state index >= 15 is 0 Å². The van der Waals surface area contributed by atoms with Gasteiger partial charge < -0.3 is 15.5 Å². The number of nitrogen functional groups attached to an aromatic ring is 1. The van der Waals surface area contributed by atoms with Crippen molar-refractivity contribution in [3.8, 4) is 11.5 Å². The Morgan fingerprint density at radius 2 is 1.95 bits per heavy atom. The fourth-order valence-electron chi connectivity index (χ4n) is 2.10. The maximum atomic E-state index is 14.2. The molecule has 1 heterocycles. The molecule has 0 aliphatic rings. The number of nitrogens with one attached hydrogen (secondary N) is 2. The predicted octanol–water partition coefficient (Wildman–Crippen LogP) is 4.28. The van der Waals surface area contributed by atoms with Crippen LogP contribution in [0.5, 0.6) is 11.5 Å². The summed E-state index contributed by atoms with van der Waals surface area (Å²) in [5, 5.41) is 8.07.